The van der Waals surface area contributed by atoms with Gasteiger partial charge in [0.05, 0.1) is 73.1 Å². The molecule has 1 aromatic carbocycles. The van der Waals surface area contributed by atoms with E-state index in [1.165, 1.54) is 9.80 Å². The Balaban J connectivity index is 0.0000108. The smallest absolute Gasteiger partial charge is 0.511 e. The number of unbranched alkanes of at least 4 members (excludes halogenated alkanes) is 3. The SMILES string of the molecule is CCCCCCOC(C)C1=C(C)C2=NC1=CC1=NC(=CC3=C(C)C4=C(O)CC(=C5NC(=C2)[C@@H](C)[C@@H]5CCC(=O)Nc2ccc(CC(CN(CCN(CC(=O)O)CC(=O)O)CC(=O)O)N(CC(=O)O)CC(=O)O)cc2)C4=N3)C(CC)=C1C.[Gd+3]. The molecule has 0 saturated carbocycles. The van der Waals surface area contributed by atoms with E-state index < -0.39 is 68.6 Å². The van der Waals surface area contributed by atoms with Crippen LogP contribution in [0.5, 0.6) is 0 Å². The number of anilines is 1. The third-order valence-corrected chi connectivity index (χ3v) is 15.7. The average molecular weight is 1270 g/mol. The molecule has 4 atom stereocenters. The van der Waals surface area contributed by atoms with Crippen molar-refractivity contribution in [3.05, 3.63) is 121 Å². The molecule has 1 fully saturated rings. The Morgan fingerprint density at radius 3 is 1.99 bits per heavy atom. The number of carbonyl (C=O) groups is 6. The number of aliphatic hydroxyl groups is 1. The van der Waals surface area contributed by atoms with Crippen molar-refractivity contribution in [2.75, 3.05) is 64.3 Å². The zero-order valence-electron chi connectivity index (χ0n) is 47.7. The number of aliphatic imine (C=N–C) groups is 3. The number of nitrogens with zero attached hydrogens (tertiary/aromatic N) is 6. The summed E-state index contributed by atoms with van der Waals surface area (Å²) >= 11 is 0. The second-order valence-corrected chi connectivity index (χ2v) is 21.6. The summed E-state index contributed by atoms with van der Waals surface area (Å²) in [7, 11) is 0. The van der Waals surface area contributed by atoms with Gasteiger partial charge in [-0.15, -0.1) is 0 Å². The molecule has 1 saturated heterocycles. The monoisotopic (exact) mass is 1270 g/mol. The second kappa shape index (κ2) is 29.3. The molecule has 5 heterocycles. The zero-order chi connectivity index (χ0) is 58.8. The number of aliphatic carboxylic acids is 5. The summed E-state index contributed by atoms with van der Waals surface area (Å²) in [6, 6.07) is 5.83. The minimum absolute atomic E-state index is 0. The molecular formula is C60H76GdN8O13+3. The normalized spacial score (nSPS) is 19.0. The van der Waals surface area contributed by atoms with E-state index in [1.54, 1.807) is 24.3 Å². The third kappa shape index (κ3) is 16.3. The Labute approximate surface area is 510 Å². The molecule has 8 bridgehead atoms. The van der Waals surface area contributed by atoms with Crippen LogP contribution in [0.25, 0.3) is 0 Å². The van der Waals surface area contributed by atoms with Crippen molar-refractivity contribution in [1.29, 1.82) is 0 Å². The van der Waals surface area contributed by atoms with E-state index >= 15 is 0 Å². The van der Waals surface area contributed by atoms with Gasteiger partial charge in [0, 0.05) is 90.8 Å². The first-order valence-electron chi connectivity index (χ1n) is 27.8. The molecule has 1 aliphatic carbocycles. The maximum atomic E-state index is 14.0. The summed E-state index contributed by atoms with van der Waals surface area (Å²) in [6.45, 7) is 11.6. The molecule has 5 aliphatic heterocycles. The van der Waals surface area contributed by atoms with Crippen molar-refractivity contribution in [2.45, 2.75) is 118 Å². The van der Waals surface area contributed by atoms with Crippen LogP contribution in [0.3, 0.4) is 0 Å². The number of carboxylic acids is 5. The number of carbonyl (C=O) groups excluding carboxylic acids is 1. The van der Waals surface area contributed by atoms with Crippen molar-refractivity contribution in [3.8, 4) is 0 Å². The molecule has 7 rings (SSSR count). The Kier molecular flexibility index (Phi) is 23.2. The number of hydrogen-bond donors (Lipinski definition) is 8. The fourth-order valence-corrected chi connectivity index (χ4v) is 11.6. The maximum absolute atomic E-state index is 14.0. The van der Waals surface area contributed by atoms with Crippen molar-refractivity contribution in [2.24, 2.45) is 26.8 Å². The van der Waals surface area contributed by atoms with Crippen LogP contribution in [0.1, 0.15) is 105 Å². The first-order chi connectivity index (χ1) is 38.5. The molecule has 21 nitrogen and oxygen atoms in total. The number of allylic oxidation sites excluding steroid dienone is 11. The number of fused-ring (bicyclic) bond motifs is 5. The fourth-order valence-electron chi connectivity index (χ4n) is 11.6. The third-order valence-electron chi connectivity index (χ3n) is 15.7. The number of carboxylic acid groups (broad SMARTS) is 5. The number of nitrogens with one attached hydrogen (secondary N) is 2. The van der Waals surface area contributed by atoms with Crippen LogP contribution >= 0.6 is 0 Å². The van der Waals surface area contributed by atoms with Crippen LogP contribution in [-0.4, -0.2) is 169 Å². The van der Waals surface area contributed by atoms with Crippen LogP contribution < -0.4 is 10.6 Å². The molecule has 22 heteroatoms. The van der Waals surface area contributed by atoms with Crippen molar-refractivity contribution in [3.63, 3.8) is 0 Å². The van der Waals surface area contributed by atoms with Crippen LogP contribution in [0, 0.1) is 51.8 Å². The van der Waals surface area contributed by atoms with Gasteiger partial charge in [0.25, 0.3) is 0 Å². The number of benzene rings is 1. The summed E-state index contributed by atoms with van der Waals surface area (Å²) in [5.74, 6) is -6.85. The molecule has 82 heavy (non-hydrogen) atoms. The quantitative estimate of drug-likeness (QED) is 0.0350. The summed E-state index contributed by atoms with van der Waals surface area (Å²) in [4.78, 5) is 92.3. The summed E-state index contributed by atoms with van der Waals surface area (Å²) in [5, 5.41) is 66.5. The Bertz CT molecular complexity index is 3040. The molecule has 0 spiro atoms. The number of amides is 1. The summed E-state index contributed by atoms with van der Waals surface area (Å²) in [6.07, 6.45) is 11.9. The fraction of sp³-hybridized carbons (Fsp3) is 0.483. The van der Waals surface area contributed by atoms with E-state index in [1.807, 2.05) is 13.0 Å². The zero-order valence-corrected chi connectivity index (χ0v) is 49.9. The second-order valence-electron chi connectivity index (χ2n) is 21.6. The van der Waals surface area contributed by atoms with Gasteiger partial charge in [0.2, 0.25) is 5.91 Å². The standard InChI is InChI=1S/C60H76N8O13.Gd/c1-8-10-11-12-21-81-37(7)57-35(5)46-24-45-34(4)42(59(64-45)43-23-50(69)58-36(6)47(65-60(43)58)25-48-41(9-2)33(3)44(62-48)26-49(57)63-46)17-18-51(70)61-39-15-13-38(14-16-39)22-40(68(31-55(77)78)32-56(79)80)27-66(28-52(71)72)19-20-67(29-53(73)74)30-54(75)76;/h13-16,24-26,34,37,40,42,64,69H,8-12,17-23,27-32H2,1-7H3,(H,61,70)(H,71,72)(H,73,74)(H,75,76)(H,77,78)(H,79,80);/q;+3/t34-,37?,40?,42-;/m0./s1. The average Bonchev–Trinajstić information content (AvgIpc) is 4.36. The largest absolute Gasteiger partial charge is 3.00 e. The van der Waals surface area contributed by atoms with E-state index in [2.05, 4.69) is 64.3 Å². The Morgan fingerprint density at radius 2 is 1.37 bits per heavy atom. The van der Waals surface area contributed by atoms with Gasteiger partial charge in [0.1, 0.15) is 5.76 Å². The van der Waals surface area contributed by atoms with Crippen molar-refractivity contribution < 1.29 is 104 Å². The predicted octanol–water partition coefficient (Wildman–Crippen LogP) is 7.30. The van der Waals surface area contributed by atoms with Crippen LogP contribution in [0.2, 0.25) is 0 Å². The first kappa shape index (κ1) is 64.9. The molecule has 0 aromatic heterocycles. The number of hydrogen-bond acceptors (Lipinski definition) is 15. The van der Waals surface area contributed by atoms with E-state index in [-0.39, 0.29) is 108 Å². The molecule has 1 aromatic rings. The van der Waals surface area contributed by atoms with Gasteiger partial charge >= 0.3 is 69.8 Å². The van der Waals surface area contributed by atoms with Gasteiger partial charge in [-0.2, -0.15) is 0 Å². The van der Waals surface area contributed by atoms with Gasteiger partial charge in [-0.3, -0.25) is 43.5 Å². The van der Waals surface area contributed by atoms with Crippen LogP contribution in [0.15, 0.2) is 131 Å². The van der Waals surface area contributed by atoms with Gasteiger partial charge in [-0.05, 0) is 112 Å². The molecule has 8 N–H and O–H groups in total. The van der Waals surface area contributed by atoms with Crippen LogP contribution in [-0.2, 0) is 39.9 Å². The van der Waals surface area contributed by atoms with Gasteiger partial charge in [-0.1, -0.05) is 52.2 Å². The number of rotatable bonds is 30. The Hall–Kier alpha value is -6.27. The minimum atomic E-state index is -1.32. The Morgan fingerprint density at radius 1 is 0.756 bits per heavy atom. The van der Waals surface area contributed by atoms with Crippen molar-refractivity contribution >= 4 is 58.6 Å². The molecule has 1 amide bonds. The maximum Gasteiger partial charge on any atom is 3.00 e. The number of aliphatic hydroxyl groups excluding tert-OH is 1. The van der Waals surface area contributed by atoms with Gasteiger partial charge in [-0.25, -0.2) is 15.0 Å². The van der Waals surface area contributed by atoms with E-state index in [0.717, 1.165) is 110 Å². The van der Waals surface area contributed by atoms with E-state index in [9.17, 15) is 59.4 Å². The van der Waals surface area contributed by atoms with Gasteiger partial charge in [0.15, 0.2) is 0 Å². The topological polar surface area (TPSA) is 304 Å². The van der Waals surface area contributed by atoms with E-state index in [0.29, 0.717) is 35.6 Å². The van der Waals surface area contributed by atoms with E-state index in [4.69, 9.17) is 19.7 Å². The molecular weight excluding hydrogens is 1200 g/mol. The molecule has 1 radical (unpaired) electrons. The minimum Gasteiger partial charge on any atom is -0.511 e. The summed E-state index contributed by atoms with van der Waals surface area (Å²) in [5.41, 5.74) is 14.1. The molecule has 439 valence electrons. The predicted molar refractivity (Wildman–Crippen MR) is 306 cm³/mol. The summed E-state index contributed by atoms with van der Waals surface area (Å²) < 4.78 is 6.51. The van der Waals surface area contributed by atoms with Gasteiger partial charge < -0.3 is 46.0 Å². The first-order valence-corrected chi connectivity index (χ1v) is 27.8. The van der Waals surface area contributed by atoms with Crippen LogP contribution in [0.4, 0.5) is 5.69 Å². The van der Waals surface area contributed by atoms with Crippen molar-refractivity contribution in [1.82, 2.24) is 20.0 Å². The number of ether oxygens (including phenoxy) is 1. The molecule has 2 unspecified atom stereocenters. The molecule has 6 aliphatic rings.